The Hall–Kier alpha value is -2.44. The van der Waals surface area contributed by atoms with Crippen LogP contribution in [0.1, 0.15) is 16.7 Å². The predicted molar refractivity (Wildman–Crippen MR) is 69.3 cm³/mol. The number of pyridine rings is 1. The number of rotatable bonds is 2. The van der Waals surface area contributed by atoms with Crippen molar-refractivity contribution in [3.8, 4) is 0 Å². The number of alkyl halides is 3. The molecule has 1 atom stereocenters. The zero-order chi connectivity index (χ0) is 14.9. The van der Waals surface area contributed by atoms with E-state index in [1.807, 2.05) is 0 Å². The first-order valence-corrected chi connectivity index (χ1v) is 6.25. The van der Waals surface area contributed by atoms with Crippen LogP contribution in [0.15, 0.2) is 59.1 Å². The largest absolute Gasteiger partial charge is 0.416 e. The van der Waals surface area contributed by atoms with Gasteiger partial charge in [-0.3, -0.25) is 10.4 Å². The number of aromatic nitrogens is 1. The molecule has 0 fully saturated rings. The fraction of sp³-hybridized carbons (Fsp3) is 0.214. The van der Waals surface area contributed by atoms with E-state index in [4.69, 9.17) is 0 Å². The summed E-state index contributed by atoms with van der Waals surface area (Å²) in [5.74, 6) is 0. The minimum absolute atomic E-state index is 0.292. The molecule has 21 heavy (non-hydrogen) atoms. The molecule has 7 heteroatoms. The van der Waals surface area contributed by atoms with Gasteiger partial charge in [0.25, 0.3) is 0 Å². The van der Waals surface area contributed by atoms with Crippen molar-refractivity contribution < 1.29 is 13.2 Å². The number of halogens is 3. The summed E-state index contributed by atoms with van der Waals surface area (Å²) in [7, 11) is 0. The van der Waals surface area contributed by atoms with Crippen LogP contribution in [0.2, 0.25) is 0 Å². The second kappa shape index (κ2) is 4.83. The van der Waals surface area contributed by atoms with Gasteiger partial charge >= 0.3 is 6.18 Å². The molecule has 1 N–H and O–H groups in total. The quantitative estimate of drug-likeness (QED) is 0.923. The highest BCUT2D eigenvalue weighted by molar-refractivity contribution is 5.41. The summed E-state index contributed by atoms with van der Waals surface area (Å²) in [6, 6.07) is 8.65. The van der Waals surface area contributed by atoms with Crippen molar-refractivity contribution in [1.29, 1.82) is 0 Å². The summed E-state index contributed by atoms with van der Waals surface area (Å²) in [6.45, 7) is 0.292. The van der Waals surface area contributed by atoms with Gasteiger partial charge in [0.15, 0.2) is 5.54 Å². The summed E-state index contributed by atoms with van der Waals surface area (Å²) in [6.07, 6.45) is -1.20. The summed E-state index contributed by atoms with van der Waals surface area (Å²) < 4.78 is 38.7. The van der Waals surface area contributed by atoms with Crippen LogP contribution in [0.5, 0.6) is 0 Å². The van der Waals surface area contributed by atoms with Crippen molar-refractivity contribution >= 4 is 0 Å². The van der Waals surface area contributed by atoms with Gasteiger partial charge in [0.2, 0.25) is 0 Å². The monoisotopic (exact) mass is 292 g/mol. The van der Waals surface area contributed by atoms with Crippen molar-refractivity contribution in [3.63, 3.8) is 0 Å². The highest BCUT2D eigenvalue weighted by atomic mass is 19.4. The fourth-order valence-electron chi connectivity index (χ4n) is 2.35. The summed E-state index contributed by atoms with van der Waals surface area (Å²) in [5, 5.41) is 7.88. The number of benzene rings is 1. The first kappa shape index (κ1) is 13.5. The number of hydrogen-bond acceptors (Lipinski definition) is 4. The lowest BCUT2D eigenvalue weighted by atomic mass is 9.84. The Labute approximate surface area is 118 Å². The van der Waals surface area contributed by atoms with E-state index in [2.05, 4.69) is 20.7 Å². The average Bonchev–Trinajstić information content (AvgIpc) is 2.98. The van der Waals surface area contributed by atoms with Crippen LogP contribution < -0.4 is 5.43 Å². The lowest BCUT2D eigenvalue weighted by molar-refractivity contribution is -0.137. The van der Waals surface area contributed by atoms with Crippen LogP contribution in [0, 0.1) is 0 Å². The second-order valence-electron chi connectivity index (χ2n) is 4.72. The molecule has 0 spiro atoms. The summed E-state index contributed by atoms with van der Waals surface area (Å²) >= 11 is 0. The third-order valence-electron chi connectivity index (χ3n) is 3.43. The van der Waals surface area contributed by atoms with Crippen LogP contribution in [-0.4, -0.2) is 11.5 Å². The maximum atomic E-state index is 12.9. The van der Waals surface area contributed by atoms with E-state index in [-0.39, 0.29) is 0 Å². The molecule has 0 amide bonds. The molecule has 0 bridgehead atoms. The van der Waals surface area contributed by atoms with E-state index in [9.17, 15) is 13.2 Å². The molecule has 0 aliphatic carbocycles. The van der Waals surface area contributed by atoms with Crippen molar-refractivity contribution in [2.24, 2.45) is 10.3 Å². The summed E-state index contributed by atoms with van der Waals surface area (Å²) in [4.78, 5) is 4.02. The molecule has 108 valence electrons. The Balaban J connectivity index is 2.14. The van der Waals surface area contributed by atoms with Crippen molar-refractivity contribution in [1.82, 2.24) is 10.4 Å². The molecule has 1 aliphatic rings. The molecule has 1 aromatic carbocycles. The van der Waals surface area contributed by atoms with Crippen LogP contribution in [-0.2, 0) is 11.7 Å². The Morgan fingerprint density at radius 1 is 1.10 bits per heavy atom. The molecule has 1 aliphatic heterocycles. The molecular formula is C14H11F3N4. The number of hydrogen-bond donors (Lipinski definition) is 1. The highest BCUT2D eigenvalue weighted by Gasteiger charge is 2.40. The van der Waals surface area contributed by atoms with Gasteiger partial charge in [0, 0.05) is 18.0 Å². The van der Waals surface area contributed by atoms with Gasteiger partial charge in [-0.25, -0.2) is 0 Å². The van der Waals surface area contributed by atoms with Crippen molar-refractivity contribution in [2.45, 2.75) is 11.7 Å². The minimum atomic E-state index is -4.39. The lowest BCUT2D eigenvalue weighted by Gasteiger charge is -2.25. The smallest absolute Gasteiger partial charge is 0.289 e. The van der Waals surface area contributed by atoms with Gasteiger partial charge in [0.1, 0.15) is 0 Å². The lowest BCUT2D eigenvalue weighted by Crippen LogP contribution is -2.31. The Bertz CT molecular complexity index is 669. The van der Waals surface area contributed by atoms with Crippen LogP contribution >= 0.6 is 0 Å². The topological polar surface area (TPSA) is 49.6 Å². The first-order chi connectivity index (χ1) is 10.0. The van der Waals surface area contributed by atoms with Gasteiger partial charge in [-0.15, -0.1) is 0 Å². The Morgan fingerprint density at radius 2 is 1.90 bits per heavy atom. The van der Waals surface area contributed by atoms with E-state index in [1.54, 1.807) is 30.6 Å². The zero-order valence-corrected chi connectivity index (χ0v) is 10.8. The molecule has 4 nitrogen and oxygen atoms in total. The number of nitrogens with zero attached hydrogens (tertiary/aromatic N) is 3. The van der Waals surface area contributed by atoms with E-state index in [0.717, 1.165) is 12.1 Å². The van der Waals surface area contributed by atoms with E-state index in [0.29, 0.717) is 17.7 Å². The molecule has 0 saturated heterocycles. The Morgan fingerprint density at radius 3 is 2.52 bits per heavy atom. The van der Waals surface area contributed by atoms with E-state index >= 15 is 0 Å². The van der Waals surface area contributed by atoms with Gasteiger partial charge in [-0.05, 0) is 23.8 Å². The van der Waals surface area contributed by atoms with E-state index in [1.165, 1.54) is 6.07 Å². The molecule has 2 heterocycles. The standard InChI is InChI=1S/C14H11F3N4/c15-14(16,17)11-4-1-3-10(7-11)13(9-19-21-20-13)12-5-2-6-18-8-12/h1-8H,9H2,(H,19,20). The maximum absolute atomic E-state index is 12.9. The maximum Gasteiger partial charge on any atom is 0.416 e. The molecular weight excluding hydrogens is 281 g/mol. The SMILES string of the molecule is FC(F)(F)c1cccc(C2(c3cccnc3)CNN=N2)c1. The number of nitrogens with one attached hydrogen (secondary N) is 1. The summed E-state index contributed by atoms with van der Waals surface area (Å²) in [5.41, 5.74) is 2.16. The molecule has 1 unspecified atom stereocenters. The van der Waals surface area contributed by atoms with E-state index < -0.39 is 17.3 Å². The van der Waals surface area contributed by atoms with Crippen LogP contribution in [0.25, 0.3) is 0 Å². The fourth-order valence-corrected chi connectivity index (χ4v) is 2.35. The third kappa shape index (κ3) is 2.35. The zero-order valence-electron chi connectivity index (χ0n) is 10.8. The molecule has 3 rings (SSSR count). The molecule has 0 radical (unpaired) electrons. The van der Waals surface area contributed by atoms with Gasteiger partial charge in [0.05, 0.1) is 12.1 Å². The minimum Gasteiger partial charge on any atom is -0.289 e. The Kier molecular flexibility index (Phi) is 3.12. The van der Waals surface area contributed by atoms with Gasteiger partial charge in [-0.1, -0.05) is 23.4 Å². The predicted octanol–water partition coefficient (Wildman–Crippen LogP) is 3.31. The van der Waals surface area contributed by atoms with Gasteiger partial charge < -0.3 is 0 Å². The molecule has 0 saturated carbocycles. The average molecular weight is 292 g/mol. The normalized spacial score (nSPS) is 21.3. The van der Waals surface area contributed by atoms with Crippen molar-refractivity contribution in [3.05, 3.63) is 65.5 Å². The van der Waals surface area contributed by atoms with Crippen LogP contribution in [0.4, 0.5) is 13.2 Å². The molecule has 2 aromatic rings. The third-order valence-corrected chi connectivity index (χ3v) is 3.43. The second-order valence-corrected chi connectivity index (χ2v) is 4.72. The van der Waals surface area contributed by atoms with Crippen molar-refractivity contribution in [2.75, 3.05) is 6.54 Å². The van der Waals surface area contributed by atoms with Gasteiger partial charge in [-0.2, -0.15) is 18.3 Å². The highest BCUT2D eigenvalue weighted by Crippen LogP contribution is 2.38. The van der Waals surface area contributed by atoms with Crippen LogP contribution in [0.3, 0.4) is 0 Å². The first-order valence-electron chi connectivity index (χ1n) is 6.25. The molecule has 1 aromatic heterocycles.